The minimum Gasteiger partial charge on any atom is -0.493 e. The highest BCUT2D eigenvalue weighted by atomic mass is 16.5. The smallest absolute Gasteiger partial charge is 0.257 e. The minimum atomic E-state index is -0.169. The molecule has 3 rings (SSSR count). The molecule has 1 N–H and O–H groups in total. The van der Waals surface area contributed by atoms with Gasteiger partial charge in [-0.05, 0) is 43.5 Å². The van der Waals surface area contributed by atoms with Crippen molar-refractivity contribution in [1.29, 1.82) is 0 Å². The number of hydrogen-bond donors (Lipinski definition) is 1. The van der Waals surface area contributed by atoms with Crippen LogP contribution in [-0.2, 0) is 6.42 Å². The lowest BCUT2D eigenvalue weighted by Gasteiger charge is -2.16. The quantitative estimate of drug-likeness (QED) is 0.714. The Bertz CT molecular complexity index is 1010. The summed E-state index contributed by atoms with van der Waals surface area (Å²) >= 11 is 0. The van der Waals surface area contributed by atoms with Crippen molar-refractivity contribution < 1.29 is 14.3 Å². The summed E-state index contributed by atoms with van der Waals surface area (Å²) in [5, 5.41) is 4.01. The molecule has 5 nitrogen and oxygen atoms in total. The highest BCUT2D eigenvalue weighted by Crippen LogP contribution is 2.33. The van der Waals surface area contributed by atoms with Crippen molar-refractivity contribution in [1.82, 2.24) is 4.98 Å². The number of benzene rings is 2. The molecule has 1 aromatic heterocycles. The number of aryl methyl sites for hydroxylation is 3. The van der Waals surface area contributed by atoms with Gasteiger partial charge in [-0.15, -0.1) is 0 Å². The number of para-hydroxylation sites is 1. The zero-order valence-electron chi connectivity index (χ0n) is 16.3. The summed E-state index contributed by atoms with van der Waals surface area (Å²) in [6, 6.07) is 11.5. The number of rotatable bonds is 5. The average Bonchev–Trinajstić information content (AvgIpc) is 2.68. The molecular formula is C22H24N2O3. The van der Waals surface area contributed by atoms with Gasteiger partial charge in [-0.3, -0.25) is 9.78 Å². The summed E-state index contributed by atoms with van der Waals surface area (Å²) in [6.45, 7) is 5.90. The second-order valence-electron chi connectivity index (χ2n) is 6.41. The predicted octanol–water partition coefficient (Wildman–Crippen LogP) is 4.68. The van der Waals surface area contributed by atoms with Crippen molar-refractivity contribution in [3.63, 3.8) is 0 Å². The van der Waals surface area contributed by atoms with Crippen LogP contribution < -0.4 is 14.8 Å². The van der Waals surface area contributed by atoms with Crippen molar-refractivity contribution >= 4 is 22.5 Å². The number of nitrogens with one attached hydrogen (secondary N) is 1. The van der Waals surface area contributed by atoms with Gasteiger partial charge in [0.2, 0.25) is 0 Å². The highest BCUT2D eigenvalue weighted by molar-refractivity contribution is 6.09. The molecule has 0 atom stereocenters. The Balaban J connectivity index is 2.06. The average molecular weight is 364 g/mol. The summed E-state index contributed by atoms with van der Waals surface area (Å²) in [7, 11) is 3.17. The van der Waals surface area contributed by atoms with E-state index >= 15 is 0 Å². The van der Waals surface area contributed by atoms with Gasteiger partial charge in [-0.25, -0.2) is 0 Å². The molecule has 0 fully saturated rings. The van der Waals surface area contributed by atoms with E-state index < -0.39 is 0 Å². The van der Waals surface area contributed by atoms with Gasteiger partial charge in [0.25, 0.3) is 5.91 Å². The van der Waals surface area contributed by atoms with Crippen LogP contribution in [0.15, 0.2) is 36.4 Å². The second-order valence-corrected chi connectivity index (χ2v) is 6.41. The molecule has 1 amide bonds. The van der Waals surface area contributed by atoms with Crippen molar-refractivity contribution in [2.75, 3.05) is 19.5 Å². The number of pyridine rings is 1. The zero-order valence-corrected chi connectivity index (χ0v) is 16.3. The van der Waals surface area contributed by atoms with E-state index in [1.54, 1.807) is 20.3 Å². The van der Waals surface area contributed by atoms with Crippen LogP contribution in [0.25, 0.3) is 10.9 Å². The SMILES string of the molecule is CCc1nc2ccccc2c(C)c1C(=O)Nc1cc(OC)c(OC)cc1C. The molecule has 0 aliphatic carbocycles. The molecule has 2 aromatic carbocycles. The maximum atomic E-state index is 13.1. The van der Waals surface area contributed by atoms with Crippen LogP contribution >= 0.6 is 0 Å². The molecule has 140 valence electrons. The fourth-order valence-corrected chi connectivity index (χ4v) is 3.30. The monoisotopic (exact) mass is 364 g/mol. The van der Waals surface area contributed by atoms with E-state index in [0.29, 0.717) is 29.2 Å². The van der Waals surface area contributed by atoms with E-state index in [2.05, 4.69) is 5.32 Å². The highest BCUT2D eigenvalue weighted by Gasteiger charge is 2.19. The third-order valence-electron chi connectivity index (χ3n) is 4.77. The molecule has 0 aliphatic heterocycles. The van der Waals surface area contributed by atoms with Crippen LogP contribution in [-0.4, -0.2) is 25.1 Å². The van der Waals surface area contributed by atoms with Crippen molar-refractivity contribution in [3.05, 3.63) is 58.8 Å². The molecule has 1 heterocycles. The summed E-state index contributed by atoms with van der Waals surface area (Å²) in [4.78, 5) is 17.8. The van der Waals surface area contributed by atoms with E-state index in [1.165, 1.54) is 0 Å². The molecule has 0 aliphatic rings. The first-order valence-corrected chi connectivity index (χ1v) is 8.92. The Hall–Kier alpha value is -3.08. The number of hydrogen-bond acceptors (Lipinski definition) is 4. The van der Waals surface area contributed by atoms with Gasteiger partial charge in [-0.2, -0.15) is 0 Å². The van der Waals surface area contributed by atoms with Crippen LogP contribution in [0.3, 0.4) is 0 Å². The number of carbonyl (C=O) groups excluding carboxylic acids is 1. The maximum Gasteiger partial charge on any atom is 0.257 e. The van der Waals surface area contributed by atoms with Crippen LogP contribution in [0.5, 0.6) is 11.5 Å². The van der Waals surface area contributed by atoms with Gasteiger partial charge >= 0.3 is 0 Å². The van der Waals surface area contributed by atoms with Gasteiger partial charge in [0.05, 0.1) is 31.0 Å². The topological polar surface area (TPSA) is 60.5 Å². The molecule has 0 radical (unpaired) electrons. The number of fused-ring (bicyclic) bond motifs is 1. The lowest BCUT2D eigenvalue weighted by Crippen LogP contribution is -2.18. The third kappa shape index (κ3) is 3.45. The lowest BCUT2D eigenvalue weighted by atomic mass is 9.99. The minimum absolute atomic E-state index is 0.169. The van der Waals surface area contributed by atoms with Crippen molar-refractivity contribution in [2.45, 2.75) is 27.2 Å². The van der Waals surface area contributed by atoms with Crippen molar-refractivity contribution in [3.8, 4) is 11.5 Å². The number of anilines is 1. The summed E-state index contributed by atoms with van der Waals surface area (Å²) < 4.78 is 10.7. The fourth-order valence-electron chi connectivity index (χ4n) is 3.30. The Labute approximate surface area is 159 Å². The lowest BCUT2D eigenvalue weighted by molar-refractivity contribution is 0.102. The van der Waals surface area contributed by atoms with Gasteiger partial charge < -0.3 is 14.8 Å². The first-order valence-electron chi connectivity index (χ1n) is 8.92. The molecule has 0 saturated heterocycles. The van der Waals surface area contributed by atoms with Gasteiger partial charge in [0.15, 0.2) is 11.5 Å². The van der Waals surface area contributed by atoms with E-state index in [0.717, 1.165) is 27.7 Å². The molecule has 27 heavy (non-hydrogen) atoms. The fraction of sp³-hybridized carbons (Fsp3) is 0.273. The normalized spacial score (nSPS) is 10.7. The van der Waals surface area contributed by atoms with Crippen LogP contribution in [0.2, 0.25) is 0 Å². The molecule has 0 saturated carbocycles. The van der Waals surface area contributed by atoms with Crippen LogP contribution in [0, 0.1) is 13.8 Å². The Morgan fingerprint density at radius 2 is 1.74 bits per heavy atom. The summed E-state index contributed by atoms with van der Waals surface area (Å²) in [6.07, 6.45) is 0.680. The van der Waals surface area contributed by atoms with Crippen molar-refractivity contribution in [2.24, 2.45) is 0 Å². The van der Waals surface area contributed by atoms with E-state index in [-0.39, 0.29) is 5.91 Å². The Kier molecular flexibility index (Phi) is 5.31. The number of ether oxygens (including phenoxy) is 2. The number of methoxy groups -OCH3 is 2. The number of nitrogens with zero attached hydrogens (tertiary/aromatic N) is 1. The van der Waals surface area contributed by atoms with Crippen LogP contribution in [0.1, 0.15) is 34.1 Å². The Morgan fingerprint density at radius 1 is 1.07 bits per heavy atom. The molecule has 5 heteroatoms. The molecule has 0 unspecified atom stereocenters. The van der Waals surface area contributed by atoms with E-state index in [9.17, 15) is 4.79 Å². The van der Waals surface area contributed by atoms with E-state index in [4.69, 9.17) is 14.5 Å². The second kappa shape index (κ2) is 7.66. The zero-order chi connectivity index (χ0) is 19.6. The first-order chi connectivity index (χ1) is 13.0. The van der Waals surface area contributed by atoms with E-state index in [1.807, 2.05) is 51.1 Å². The number of aromatic nitrogens is 1. The van der Waals surface area contributed by atoms with Gasteiger partial charge in [0, 0.05) is 17.1 Å². The molecule has 3 aromatic rings. The molecule has 0 spiro atoms. The summed E-state index contributed by atoms with van der Waals surface area (Å²) in [5.74, 6) is 1.03. The van der Waals surface area contributed by atoms with Crippen LogP contribution in [0.4, 0.5) is 5.69 Å². The largest absolute Gasteiger partial charge is 0.493 e. The first kappa shape index (κ1) is 18.7. The van der Waals surface area contributed by atoms with Gasteiger partial charge in [0.1, 0.15) is 0 Å². The number of carbonyl (C=O) groups is 1. The van der Waals surface area contributed by atoms with Gasteiger partial charge in [-0.1, -0.05) is 25.1 Å². The Morgan fingerprint density at radius 3 is 2.41 bits per heavy atom. The third-order valence-corrected chi connectivity index (χ3v) is 4.77. The maximum absolute atomic E-state index is 13.1. The predicted molar refractivity (Wildman–Crippen MR) is 108 cm³/mol. The molecule has 0 bridgehead atoms. The molecular weight excluding hydrogens is 340 g/mol. The summed E-state index contributed by atoms with van der Waals surface area (Å²) in [5.41, 5.74) is 4.85. The standard InChI is InChI=1S/C22H24N2O3/c1-6-16-21(14(3)15-9-7-8-10-17(15)23-16)22(25)24-18-12-20(27-5)19(26-4)11-13(18)2/h7-12H,6H2,1-5H3,(H,24,25). The number of amides is 1.